The van der Waals surface area contributed by atoms with Crippen LogP contribution in [0.5, 0.6) is 5.75 Å². The van der Waals surface area contributed by atoms with Crippen LogP contribution < -0.4 is 9.64 Å². The van der Waals surface area contributed by atoms with E-state index in [1.165, 1.54) is 10.7 Å². The minimum atomic E-state index is -3.57. The SMILES string of the molecule is CCOc1ccc2nc(N3CCN(C(=O)c4ccc(S(=O)(=O)N(C)C5CCCCC5)cc4)CC3)sc2c1. The number of carbonyl (C=O) groups is 1. The highest BCUT2D eigenvalue weighted by atomic mass is 32.2. The first-order valence-electron chi connectivity index (χ1n) is 13.0. The lowest BCUT2D eigenvalue weighted by Gasteiger charge is -2.34. The maximum Gasteiger partial charge on any atom is 0.253 e. The first-order valence-corrected chi connectivity index (χ1v) is 15.3. The molecule has 0 atom stereocenters. The van der Waals surface area contributed by atoms with Crippen LogP contribution in [0.2, 0.25) is 0 Å². The standard InChI is InChI=1S/C27H34N4O4S2/c1-3-35-22-11-14-24-25(19-22)36-27(28-24)31-17-15-30(16-18-31)26(32)20-9-12-23(13-10-20)37(33,34)29(2)21-7-5-4-6-8-21/h9-14,19,21H,3-8,15-18H2,1-2H3. The Hall–Kier alpha value is -2.69. The van der Waals surface area contributed by atoms with Crippen molar-refractivity contribution in [1.29, 1.82) is 0 Å². The van der Waals surface area contributed by atoms with E-state index in [9.17, 15) is 13.2 Å². The molecule has 0 unspecified atom stereocenters. The minimum Gasteiger partial charge on any atom is -0.494 e. The Kier molecular flexibility index (Phi) is 7.69. The number of piperazine rings is 1. The van der Waals surface area contributed by atoms with Crippen molar-refractivity contribution in [3.05, 3.63) is 48.0 Å². The molecule has 0 bridgehead atoms. The number of hydrogen-bond donors (Lipinski definition) is 0. The highest BCUT2D eigenvalue weighted by molar-refractivity contribution is 7.89. The topological polar surface area (TPSA) is 83.0 Å². The number of hydrogen-bond acceptors (Lipinski definition) is 7. The van der Waals surface area contributed by atoms with Crippen molar-refractivity contribution in [2.45, 2.75) is 50.0 Å². The first kappa shape index (κ1) is 25.9. The average molecular weight is 543 g/mol. The van der Waals surface area contributed by atoms with Gasteiger partial charge in [0.1, 0.15) is 5.75 Å². The molecule has 8 nitrogen and oxygen atoms in total. The highest BCUT2D eigenvalue weighted by Crippen LogP contribution is 2.32. The molecule has 3 aromatic rings. The Morgan fingerprint density at radius 2 is 1.76 bits per heavy atom. The van der Waals surface area contributed by atoms with Crippen molar-refractivity contribution >= 4 is 42.6 Å². The summed E-state index contributed by atoms with van der Waals surface area (Å²) in [6.45, 7) is 5.16. The summed E-state index contributed by atoms with van der Waals surface area (Å²) in [6.07, 6.45) is 5.12. The van der Waals surface area contributed by atoms with Gasteiger partial charge in [0.05, 0.1) is 21.7 Å². The van der Waals surface area contributed by atoms with Gasteiger partial charge in [-0.25, -0.2) is 13.4 Å². The van der Waals surface area contributed by atoms with E-state index < -0.39 is 10.0 Å². The predicted octanol–water partition coefficient (Wildman–Crippen LogP) is 4.61. The summed E-state index contributed by atoms with van der Waals surface area (Å²) >= 11 is 1.64. The second kappa shape index (κ2) is 11.0. The van der Waals surface area contributed by atoms with Crippen LogP contribution >= 0.6 is 11.3 Å². The van der Waals surface area contributed by atoms with Crippen LogP contribution in [-0.2, 0) is 10.0 Å². The zero-order valence-corrected chi connectivity index (χ0v) is 23.1. The molecule has 2 heterocycles. The third-order valence-corrected chi connectivity index (χ3v) is 10.4. The maximum atomic E-state index is 13.1. The Labute approximate surface area is 222 Å². The molecule has 1 amide bonds. The van der Waals surface area contributed by atoms with Gasteiger partial charge in [-0.05, 0) is 62.2 Å². The normalized spacial score (nSPS) is 17.5. The van der Waals surface area contributed by atoms with Gasteiger partial charge < -0.3 is 14.5 Å². The molecule has 0 spiro atoms. The summed E-state index contributed by atoms with van der Waals surface area (Å²) in [4.78, 5) is 22.2. The Morgan fingerprint density at radius 3 is 2.43 bits per heavy atom. The summed E-state index contributed by atoms with van der Waals surface area (Å²) in [5.74, 6) is 0.773. The lowest BCUT2D eigenvalue weighted by atomic mass is 9.96. The largest absolute Gasteiger partial charge is 0.494 e. The van der Waals surface area contributed by atoms with Crippen LogP contribution in [0.1, 0.15) is 49.4 Å². The van der Waals surface area contributed by atoms with Gasteiger partial charge in [0.2, 0.25) is 10.0 Å². The smallest absolute Gasteiger partial charge is 0.253 e. The van der Waals surface area contributed by atoms with Crippen molar-refractivity contribution < 1.29 is 17.9 Å². The summed E-state index contributed by atoms with van der Waals surface area (Å²) in [6, 6.07) is 12.4. The van der Waals surface area contributed by atoms with Crippen molar-refractivity contribution in [2.24, 2.45) is 0 Å². The van der Waals surface area contributed by atoms with E-state index in [-0.39, 0.29) is 16.8 Å². The Bertz CT molecular complexity index is 1340. The number of rotatable bonds is 7. The lowest BCUT2D eigenvalue weighted by Crippen LogP contribution is -2.48. The van der Waals surface area contributed by atoms with Crippen LogP contribution in [0.3, 0.4) is 0 Å². The highest BCUT2D eigenvalue weighted by Gasteiger charge is 2.30. The molecule has 1 aliphatic carbocycles. The molecule has 1 saturated carbocycles. The molecule has 1 saturated heterocycles. The number of anilines is 1. The van der Waals surface area contributed by atoms with Crippen LogP contribution in [0, 0.1) is 0 Å². The van der Waals surface area contributed by atoms with Gasteiger partial charge in [-0.1, -0.05) is 30.6 Å². The monoisotopic (exact) mass is 542 g/mol. The number of thiazole rings is 1. The fraction of sp³-hybridized carbons (Fsp3) is 0.481. The molecular formula is C27H34N4O4S2. The van der Waals surface area contributed by atoms with Crippen LogP contribution in [0.25, 0.3) is 10.2 Å². The van der Waals surface area contributed by atoms with E-state index in [1.54, 1.807) is 42.6 Å². The molecule has 198 valence electrons. The van der Waals surface area contributed by atoms with Crippen LogP contribution in [0.15, 0.2) is 47.4 Å². The number of sulfonamides is 1. The molecule has 2 fully saturated rings. The van der Waals surface area contributed by atoms with E-state index in [1.807, 2.05) is 30.0 Å². The van der Waals surface area contributed by atoms with Gasteiger partial charge in [-0.3, -0.25) is 4.79 Å². The second-order valence-corrected chi connectivity index (χ2v) is 12.7. The molecule has 1 aromatic heterocycles. The fourth-order valence-corrected chi connectivity index (χ4v) is 7.61. The third kappa shape index (κ3) is 5.46. The molecule has 10 heteroatoms. The van der Waals surface area contributed by atoms with E-state index in [2.05, 4.69) is 4.90 Å². The molecular weight excluding hydrogens is 508 g/mol. The maximum absolute atomic E-state index is 13.1. The van der Waals surface area contributed by atoms with Crippen molar-refractivity contribution in [1.82, 2.24) is 14.2 Å². The van der Waals surface area contributed by atoms with Gasteiger partial charge in [-0.15, -0.1) is 0 Å². The summed E-state index contributed by atoms with van der Waals surface area (Å²) in [5.41, 5.74) is 1.46. The first-order chi connectivity index (χ1) is 17.9. The number of benzene rings is 2. The number of aromatic nitrogens is 1. The van der Waals surface area contributed by atoms with E-state index in [4.69, 9.17) is 9.72 Å². The van der Waals surface area contributed by atoms with E-state index in [0.717, 1.165) is 46.8 Å². The predicted molar refractivity (Wildman–Crippen MR) is 147 cm³/mol. The lowest BCUT2D eigenvalue weighted by molar-refractivity contribution is 0.0746. The average Bonchev–Trinajstić information content (AvgIpc) is 3.36. The number of fused-ring (bicyclic) bond motifs is 1. The summed E-state index contributed by atoms with van der Waals surface area (Å²) in [7, 11) is -1.90. The molecule has 5 rings (SSSR count). The van der Waals surface area contributed by atoms with E-state index >= 15 is 0 Å². The molecule has 0 radical (unpaired) electrons. The van der Waals surface area contributed by atoms with Crippen molar-refractivity contribution in [3.8, 4) is 5.75 Å². The van der Waals surface area contributed by atoms with E-state index in [0.29, 0.717) is 38.3 Å². The molecule has 37 heavy (non-hydrogen) atoms. The van der Waals surface area contributed by atoms with Gasteiger partial charge >= 0.3 is 0 Å². The minimum absolute atomic E-state index is 0.0542. The summed E-state index contributed by atoms with van der Waals surface area (Å²) < 4.78 is 34.4. The van der Waals surface area contributed by atoms with Gasteiger partial charge in [-0.2, -0.15) is 4.31 Å². The van der Waals surface area contributed by atoms with Gasteiger partial charge in [0.25, 0.3) is 5.91 Å². The third-order valence-electron chi connectivity index (χ3n) is 7.36. The molecule has 0 N–H and O–H groups in total. The van der Waals surface area contributed by atoms with Gasteiger partial charge in [0.15, 0.2) is 5.13 Å². The zero-order chi connectivity index (χ0) is 26.0. The van der Waals surface area contributed by atoms with Crippen molar-refractivity contribution in [2.75, 3.05) is 44.7 Å². The Balaban J connectivity index is 1.21. The van der Waals surface area contributed by atoms with Gasteiger partial charge in [0, 0.05) is 44.8 Å². The second-order valence-electron chi connectivity index (χ2n) is 9.68. The number of ether oxygens (including phenoxy) is 1. The van der Waals surface area contributed by atoms with Crippen LogP contribution in [-0.4, -0.2) is 74.4 Å². The zero-order valence-electron chi connectivity index (χ0n) is 21.4. The quantitative estimate of drug-likeness (QED) is 0.434. The number of carbonyl (C=O) groups excluding carboxylic acids is 1. The molecule has 2 aliphatic rings. The fourth-order valence-electron chi connectivity index (χ4n) is 5.14. The van der Waals surface area contributed by atoms with Crippen LogP contribution in [0.4, 0.5) is 5.13 Å². The molecule has 2 aromatic carbocycles. The molecule has 1 aliphatic heterocycles. The Morgan fingerprint density at radius 1 is 1.05 bits per heavy atom. The number of amides is 1. The summed E-state index contributed by atoms with van der Waals surface area (Å²) in [5, 5.41) is 0.951. The number of nitrogens with zero attached hydrogens (tertiary/aromatic N) is 4. The van der Waals surface area contributed by atoms with Crippen molar-refractivity contribution in [3.63, 3.8) is 0 Å².